The smallest absolute Gasteiger partial charge is 0.340 e. The van der Waals surface area contributed by atoms with E-state index in [0.717, 1.165) is 25.7 Å². The standard InChI is InChI=1S/C21H26N4O3/c1-3-28-20(27)16-11-7-8-12-17(16)24-21-22-14(2)13-18(25-21)19(26)23-15-9-5-4-6-10-15/h7-8,11-13,15H,3-6,9-10H2,1-2H3,(H,23,26)(H,22,24,25). The molecule has 28 heavy (non-hydrogen) atoms. The van der Waals surface area contributed by atoms with Crippen LogP contribution >= 0.6 is 0 Å². The first-order valence-corrected chi connectivity index (χ1v) is 9.76. The molecule has 2 aromatic rings. The average molecular weight is 382 g/mol. The lowest BCUT2D eigenvalue weighted by atomic mass is 9.95. The summed E-state index contributed by atoms with van der Waals surface area (Å²) >= 11 is 0. The summed E-state index contributed by atoms with van der Waals surface area (Å²) in [5, 5.41) is 6.12. The summed E-state index contributed by atoms with van der Waals surface area (Å²) in [6.45, 7) is 3.86. The minimum atomic E-state index is -0.423. The number of hydrogen-bond acceptors (Lipinski definition) is 6. The fraction of sp³-hybridized carbons (Fsp3) is 0.429. The number of amides is 1. The summed E-state index contributed by atoms with van der Waals surface area (Å²) < 4.78 is 5.09. The highest BCUT2D eigenvalue weighted by molar-refractivity contribution is 5.96. The summed E-state index contributed by atoms with van der Waals surface area (Å²) in [5.74, 6) is -0.349. The second-order valence-corrected chi connectivity index (χ2v) is 6.92. The third-order valence-electron chi connectivity index (χ3n) is 4.70. The number of aromatic nitrogens is 2. The van der Waals surface area contributed by atoms with Crippen LogP contribution in [0.15, 0.2) is 30.3 Å². The van der Waals surface area contributed by atoms with Gasteiger partial charge in [0.25, 0.3) is 5.91 Å². The molecule has 1 aromatic heterocycles. The molecule has 1 saturated carbocycles. The Hall–Kier alpha value is -2.96. The van der Waals surface area contributed by atoms with Gasteiger partial charge in [0.1, 0.15) is 5.69 Å². The molecule has 0 aliphatic heterocycles. The van der Waals surface area contributed by atoms with Crippen LogP contribution in [0.1, 0.15) is 65.6 Å². The van der Waals surface area contributed by atoms with Gasteiger partial charge in [-0.1, -0.05) is 31.4 Å². The first kappa shape index (κ1) is 19.8. The molecule has 1 fully saturated rings. The van der Waals surface area contributed by atoms with Crippen molar-refractivity contribution in [3.63, 3.8) is 0 Å². The molecule has 7 heteroatoms. The normalized spacial score (nSPS) is 14.4. The van der Waals surface area contributed by atoms with Crippen LogP contribution in [-0.4, -0.2) is 34.5 Å². The average Bonchev–Trinajstić information content (AvgIpc) is 2.69. The van der Waals surface area contributed by atoms with Crippen molar-refractivity contribution < 1.29 is 14.3 Å². The Morgan fingerprint density at radius 3 is 2.64 bits per heavy atom. The van der Waals surface area contributed by atoms with Crippen LogP contribution in [-0.2, 0) is 4.74 Å². The van der Waals surface area contributed by atoms with Crippen molar-refractivity contribution in [2.45, 2.75) is 52.0 Å². The number of para-hydroxylation sites is 1. The molecule has 3 rings (SSSR count). The molecule has 148 valence electrons. The maximum atomic E-state index is 12.6. The van der Waals surface area contributed by atoms with Crippen molar-refractivity contribution in [2.75, 3.05) is 11.9 Å². The number of aryl methyl sites for hydroxylation is 1. The minimum Gasteiger partial charge on any atom is -0.462 e. The van der Waals surface area contributed by atoms with Crippen molar-refractivity contribution in [1.82, 2.24) is 15.3 Å². The van der Waals surface area contributed by atoms with Crippen LogP contribution in [0.3, 0.4) is 0 Å². The van der Waals surface area contributed by atoms with Crippen LogP contribution in [0.5, 0.6) is 0 Å². The highest BCUT2D eigenvalue weighted by atomic mass is 16.5. The quantitative estimate of drug-likeness (QED) is 0.739. The van der Waals surface area contributed by atoms with E-state index in [0.29, 0.717) is 29.2 Å². The highest BCUT2D eigenvalue weighted by Crippen LogP contribution is 2.21. The predicted octanol–water partition coefficient (Wildman–Crippen LogP) is 3.77. The Morgan fingerprint density at radius 2 is 1.89 bits per heavy atom. The SMILES string of the molecule is CCOC(=O)c1ccccc1Nc1nc(C)cc(C(=O)NC2CCCCC2)n1. The minimum absolute atomic E-state index is 0.195. The van der Waals surface area contributed by atoms with E-state index in [1.54, 1.807) is 37.3 Å². The molecular formula is C21H26N4O3. The number of rotatable bonds is 6. The number of carbonyl (C=O) groups is 2. The number of carbonyl (C=O) groups excluding carboxylic acids is 2. The van der Waals surface area contributed by atoms with E-state index in [4.69, 9.17) is 4.74 Å². The Morgan fingerprint density at radius 1 is 1.14 bits per heavy atom. The van der Waals surface area contributed by atoms with Crippen LogP contribution in [0.4, 0.5) is 11.6 Å². The van der Waals surface area contributed by atoms with Gasteiger partial charge >= 0.3 is 5.97 Å². The zero-order valence-electron chi connectivity index (χ0n) is 16.3. The van der Waals surface area contributed by atoms with E-state index in [2.05, 4.69) is 20.6 Å². The van der Waals surface area contributed by atoms with E-state index in [1.165, 1.54) is 6.42 Å². The topological polar surface area (TPSA) is 93.2 Å². The zero-order valence-corrected chi connectivity index (χ0v) is 16.3. The van der Waals surface area contributed by atoms with Crippen molar-refractivity contribution in [2.24, 2.45) is 0 Å². The first-order valence-electron chi connectivity index (χ1n) is 9.76. The Labute approximate surface area is 164 Å². The number of ether oxygens (including phenoxy) is 1. The van der Waals surface area contributed by atoms with Gasteiger partial charge in [-0.2, -0.15) is 0 Å². The van der Waals surface area contributed by atoms with Gasteiger partial charge in [-0.15, -0.1) is 0 Å². The summed E-state index contributed by atoms with van der Waals surface area (Å²) in [6.07, 6.45) is 5.53. The second kappa shape index (κ2) is 9.30. The summed E-state index contributed by atoms with van der Waals surface area (Å²) in [5.41, 5.74) is 1.90. The molecule has 1 aromatic carbocycles. The number of esters is 1. The molecule has 0 radical (unpaired) electrons. The van der Waals surface area contributed by atoms with Crippen LogP contribution < -0.4 is 10.6 Å². The van der Waals surface area contributed by atoms with E-state index in [9.17, 15) is 9.59 Å². The zero-order chi connectivity index (χ0) is 19.9. The highest BCUT2D eigenvalue weighted by Gasteiger charge is 2.19. The van der Waals surface area contributed by atoms with E-state index >= 15 is 0 Å². The fourth-order valence-electron chi connectivity index (χ4n) is 3.35. The van der Waals surface area contributed by atoms with Crippen molar-refractivity contribution in [3.8, 4) is 0 Å². The van der Waals surface area contributed by atoms with Crippen molar-refractivity contribution in [3.05, 3.63) is 47.3 Å². The van der Waals surface area contributed by atoms with Gasteiger partial charge in [0, 0.05) is 11.7 Å². The van der Waals surface area contributed by atoms with Crippen molar-refractivity contribution in [1.29, 1.82) is 0 Å². The van der Waals surface area contributed by atoms with Gasteiger partial charge in [-0.05, 0) is 44.9 Å². The number of nitrogens with zero attached hydrogens (tertiary/aromatic N) is 2. The molecular weight excluding hydrogens is 356 g/mol. The first-order chi connectivity index (χ1) is 13.6. The Bertz CT molecular complexity index is 847. The molecule has 2 N–H and O–H groups in total. The molecule has 1 heterocycles. The predicted molar refractivity (Wildman–Crippen MR) is 107 cm³/mol. The molecule has 7 nitrogen and oxygen atoms in total. The lowest BCUT2D eigenvalue weighted by molar-refractivity contribution is 0.0527. The lowest BCUT2D eigenvalue weighted by Crippen LogP contribution is -2.36. The van der Waals surface area contributed by atoms with E-state index in [1.807, 2.05) is 6.92 Å². The number of hydrogen-bond donors (Lipinski definition) is 2. The maximum Gasteiger partial charge on any atom is 0.340 e. The fourth-order valence-corrected chi connectivity index (χ4v) is 3.35. The van der Waals surface area contributed by atoms with E-state index in [-0.39, 0.29) is 17.9 Å². The Kier molecular flexibility index (Phi) is 6.57. The van der Waals surface area contributed by atoms with Gasteiger partial charge in [0.2, 0.25) is 5.95 Å². The molecule has 1 amide bonds. The maximum absolute atomic E-state index is 12.6. The molecule has 0 atom stereocenters. The van der Waals surface area contributed by atoms with Crippen LogP contribution in [0.2, 0.25) is 0 Å². The third kappa shape index (κ3) is 5.06. The van der Waals surface area contributed by atoms with Gasteiger partial charge in [0.15, 0.2) is 0 Å². The lowest BCUT2D eigenvalue weighted by Gasteiger charge is -2.22. The third-order valence-corrected chi connectivity index (χ3v) is 4.70. The summed E-state index contributed by atoms with van der Waals surface area (Å²) in [6, 6.07) is 8.86. The molecule has 1 aliphatic carbocycles. The number of nitrogens with one attached hydrogen (secondary N) is 2. The molecule has 0 unspecified atom stereocenters. The van der Waals surface area contributed by atoms with Crippen LogP contribution in [0, 0.1) is 6.92 Å². The van der Waals surface area contributed by atoms with Gasteiger partial charge in [-0.25, -0.2) is 14.8 Å². The van der Waals surface area contributed by atoms with Gasteiger partial charge < -0.3 is 15.4 Å². The molecule has 1 aliphatic rings. The number of benzene rings is 1. The van der Waals surface area contributed by atoms with Gasteiger partial charge in [0.05, 0.1) is 17.9 Å². The second-order valence-electron chi connectivity index (χ2n) is 6.92. The largest absolute Gasteiger partial charge is 0.462 e. The van der Waals surface area contributed by atoms with Crippen molar-refractivity contribution >= 4 is 23.5 Å². The van der Waals surface area contributed by atoms with Crippen LogP contribution in [0.25, 0.3) is 0 Å². The molecule has 0 saturated heterocycles. The van der Waals surface area contributed by atoms with Gasteiger partial charge in [-0.3, -0.25) is 4.79 Å². The van der Waals surface area contributed by atoms with E-state index < -0.39 is 5.97 Å². The summed E-state index contributed by atoms with van der Waals surface area (Å²) in [7, 11) is 0. The Balaban J connectivity index is 1.78. The molecule has 0 spiro atoms. The monoisotopic (exact) mass is 382 g/mol. The number of anilines is 2. The summed E-state index contributed by atoms with van der Waals surface area (Å²) in [4.78, 5) is 33.5. The molecule has 0 bridgehead atoms.